The third-order valence-electron chi connectivity index (χ3n) is 3.46. The van der Waals surface area contributed by atoms with E-state index in [1.807, 2.05) is 0 Å². The molecule has 2 atom stereocenters. The number of nitrogens with one attached hydrogen (secondary N) is 1. The van der Waals surface area contributed by atoms with E-state index < -0.39 is 18.5 Å². The van der Waals surface area contributed by atoms with Crippen LogP contribution >= 0.6 is 0 Å². The number of hydrogen-bond acceptors (Lipinski definition) is 3. The summed E-state index contributed by atoms with van der Waals surface area (Å²) in [6.07, 6.45) is 1.57. The number of aliphatic carboxylic acids is 1. The molecule has 0 aromatic heterocycles. The zero-order chi connectivity index (χ0) is 15.4. The molecular formula is C14H15F2NO4. The molecule has 1 fully saturated rings. The summed E-state index contributed by atoms with van der Waals surface area (Å²) in [5.41, 5.74) is 0.315. The van der Waals surface area contributed by atoms with Crippen LogP contribution in [0.25, 0.3) is 0 Å². The molecule has 1 aliphatic rings. The van der Waals surface area contributed by atoms with Crippen molar-refractivity contribution >= 4 is 11.9 Å². The van der Waals surface area contributed by atoms with Crippen LogP contribution in [0.15, 0.2) is 24.3 Å². The highest BCUT2D eigenvalue weighted by molar-refractivity contribution is 5.94. The molecule has 1 saturated carbocycles. The first-order valence-corrected chi connectivity index (χ1v) is 6.54. The Morgan fingerprint density at radius 3 is 2.43 bits per heavy atom. The van der Waals surface area contributed by atoms with Crippen molar-refractivity contribution in [2.24, 2.45) is 5.92 Å². The van der Waals surface area contributed by atoms with Gasteiger partial charge in [-0.3, -0.25) is 9.59 Å². The molecule has 1 aromatic rings. The lowest BCUT2D eigenvalue weighted by Crippen LogP contribution is -2.33. The number of amides is 1. The number of halogens is 2. The standard InChI is InChI=1S/C14H15F2NO4/c15-14(16)21-11-5-2-8(3-6-11)12(18)17-10-4-1-9(7-10)13(19)20/h2-3,5-6,9-10,14H,1,4,7H2,(H,17,18)(H,19,20)/t9-,10+/m1/s1. The second-order valence-electron chi connectivity index (χ2n) is 4.92. The first kappa shape index (κ1) is 15.2. The third-order valence-corrected chi connectivity index (χ3v) is 3.46. The van der Waals surface area contributed by atoms with Crippen LogP contribution in [-0.2, 0) is 4.79 Å². The van der Waals surface area contributed by atoms with Crippen LogP contribution in [0.3, 0.4) is 0 Å². The van der Waals surface area contributed by atoms with Crippen molar-refractivity contribution in [2.75, 3.05) is 0 Å². The third kappa shape index (κ3) is 4.14. The van der Waals surface area contributed by atoms with Crippen LogP contribution in [0.4, 0.5) is 8.78 Å². The van der Waals surface area contributed by atoms with Crippen molar-refractivity contribution in [3.05, 3.63) is 29.8 Å². The van der Waals surface area contributed by atoms with Crippen molar-refractivity contribution < 1.29 is 28.2 Å². The van der Waals surface area contributed by atoms with E-state index in [1.54, 1.807) is 0 Å². The van der Waals surface area contributed by atoms with E-state index >= 15 is 0 Å². The normalized spacial score (nSPS) is 21.3. The minimum absolute atomic E-state index is 0.0200. The van der Waals surface area contributed by atoms with Gasteiger partial charge >= 0.3 is 12.6 Å². The smallest absolute Gasteiger partial charge is 0.387 e. The van der Waals surface area contributed by atoms with Gasteiger partial charge in [-0.1, -0.05) is 0 Å². The Balaban J connectivity index is 1.90. The summed E-state index contributed by atoms with van der Waals surface area (Å²) in [4.78, 5) is 22.8. The zero-order valence-electron chi connectivity index (χ0n) is 11.1. The maximum Gasteiger partial charge on any atom is 0.387 e. The van der Waals surface area contributed by atoms with Crippen molar-refractivity contribution in [3.8, 4) is 5.75 Å². The fourth-order valence-corrected chi connectivity index (χ4v) is 2.39. The summed E-state index contributed by atoms with van der Waals surface area (Å²) in [6.45, 7) is -2.91. The van der Waals surface area contributed by atoms with E-state index in [9.17, 15) is 18.4 Å². The van der Waals surface area contributed by atoms with Gasteiger partial charge in [0.15, 0.2) is 0 Å². The maximum absolute atomic E-state index is 12.0. The lowest BCUT2D eigenvalue weighted by molar-refractivity contribution is -0.141. The van der Waals surface area contributed by atoms with Gasteiger partial charge in [-0.25, -0.2) is 0 Å². The lowest BCUT2D eigenvalue weighted by Gasteiger charge is -2.12. The van der Waals surface area contributed by atoms with E-state index in [1.165, 1.54) is 24.3 Å². The largest absolute Gasteiger partial charge is 0.481 e. The minimum Gasteiger partial charge on any atom is -0.481 e. The number of carbonyl (C=O) groups is 2. The van der Waals surface area contributed by atoms with Gasteiger partial charge in [0, 0.05) is 11.6 Å². The molecule has 0 unspecified atom stereocenters. The van der Waals surface area contributed by atoms with E-state index in [4.69, 9.17) is 5.11 Å². The number of carbonyl (C=O) groups excluding carboxylic acids is 1. The van der Waals surface area contributed by atoms with Crippen LogP contribution in [0.2, 0.25) is 0 Å². The van der Waals surface area contributed by atoms with Crippen LogP contribution in [-0.4, -0.2) is 29.6 Å². The fourth-order valence-electron chi connectivity index (χ4n) is 2.39. The van der Waals surface area contributed by atoms with Crippen LogP contribution < -0.4 is 10.1 Å². The fraction of sp³-hybridized carbons (Fsp3) is 0.429. The molecule has 0 heterocycles. The molecule has 1 amide bonds. The zero-order valence-corrected chi connectivity index (χ0v) is 11.1. The average molecular weight is 299 g/mol. The van der Waals surface area contributed by atoms with Gasteiger partial charge in [0.2, 0.25) is 0 Å². The van der Waals surface area contributed by atoms with Crippen molar-refractivity contribution in [1.82, 2.24) is 5.32 Å². The Morgan fingerprint density at radius 1 is 1.24 bits per heavy atom. The molecule has 21 heavy (non-hydrogen) atoms. The molecule has 114 valence electrons. The molecule has 7 heteroatoms. The number of rotatable bonds is 5. The quantitative estimate of drug-likeness (QED) is 0.874. The molecule has 0 saturated heterocycles. The number of benzene rings is 1. The summed E-state index contributed by atoms with van der Waals surface area (Å²) >= 11 is 0. The van der Waals surface area contributed by atoms with E-state index in [0.717, 1.165) is 0 Å². The van der Waals surface area contributed by atoms with Gasteiger partial charge < -0.3 is 15.2 Å². The Morgan fingerprint density at radius 2 is 1.90 bits per heavy atom. The molecule has 2 rings (SSSR count). The van der Waals surface area contributed by atoms with Gasteiger partial charge in [0.25, 0.3) is 5.91 Å². The molecule has 0 radical (unpaired) electrons. The summed E-state index contributed by atoms with van der Waals surface area (Å²) < 4.78 is 28.2. The Labute approximate surface area is 119 Å². The number of carboxylic acids is 1. The molecule has 2 N–H and O–H groups in total. The topological polar surface area (TPSA) is 75.6 Å². The molecule has 0 spiro atoms. The van der Waals surface area contributed by atoms with E-state index in [2.05, 4.69) is 10.1 Å². The summed E-state index contributed by atoms with van der Waals surface area (Å²) in [5, 5.41) is 11.6. The number of hydrogen-bond donors (Lipinski definition) is 2. The highest BCUT2D eigenvalue weighted by atomic mass is 19.3. The van der Waals surface area contributed by atoms with Gasteiger partial charge in [0.05, 0.1) is 5.92 Å². The Hall–Kier alpha value is -2.18. The average Bonchev–Trinajstić information content (AvgIpc) is 2.87. The molecular weight excluding hydrogens is 284 g/mol. The second kappa shape index (κ2) is 6.51. The summed E-state index contributed by atoms with van der Waals surface area (Å²) in [7, 11) is 0. The summed E-state index contributed by atoms with van der Waals surface area (Å²) in [6, 6.07) is 5.18. The van der Waals surface area contributed by atoms with Gasteiger partial charge in [-0.2, -0.15) is 8.78 Å². The van der Waals surface area contributed by atoms with Crippen molar-refractivity contribution in [1.29, 1.82) is 0 Å². The van der Waals surface area contributed by atoms with Gasteiger partial charge in [-0.05, 0) is 43.5 Å². The predicted octanol–water partition coefficient (Wildman–Crippen LogP) is 2.27. The first-order chi connectivity index (χ1) is 9.95. The SMILES string of the molecule is O=C(N[C@H]1CC[C@@H](C(=O)O)C1)c1ccc(OC(F)F)cc1. The van der Waals surface area contributed by atoms with Crippen molar-refractivity contribution in [3.63, 3.8) is 0 Å². The number of alkyl halides is 2. The first-order valence-electron chi connectivity index (χ1n) is 6.54. The Bertz CT molecular complexity index is 518. The maximum atomic E-state index is 12.0. The highest BCUT2D eigenvalue weighted by Gasteiger charge is 2.30. The Kier molecular flexibility index (Phi) is 4.72. The van der Waals surface area contributed by atoms with Gasteiger partial charge in [-0.15, -0.1) is 0 Å². The predicted molar refractivity (Wildman–Crippen MR) is 69.3 cm³/mol. The van der Waals surface area contributed by atoms with Crippen LogP contribution in [0.5, 0.6) is 5.75 Å². The molecule has 0 aliphatic heterocycles. The molecule has 1 aliphatic carbocycles. The van der Waals surface area contributed by atoms with Crippen molar-refractivity contribution in [2.45, 2.75) is 31.9 Å². The van der Waals surface area contributed by atoms with Crippen LogP contribution in [0, 0.1) is 5.92 Å². The number of ether oxygens (including phenoxy) is 1. The second-order valence-corrected chi connectivity index (χ2v) is 4.92. The van der Waals surface area contributed by atoms with Crippen LogP contribution in [0.1, 0.15) is 29.6 Å². The van der Waals surface area contributed by atoms with E-state index in [-0.39, 0.29) is 17.7 Å². The highest BCUT2D eigenvalue weighted by Crippen LogP contribution is 2.26. The number of carboxylic acid groups (broad SMARTS) is 1. The summed E-state index contributed by atoms with van der Waals surface area (Å²) in [5.74, 6) is -1.64. The molecule has 1 aromatic carbocycles. The minimum atomic E-state index is -2.91. The lowest BCUT2D eigenvalue weighted by atomic mass is 10.1. The van der Waals surface area contributed by atoms with Gasteiger partial charge in [0.1, 0.15) is 5.75 Å². The molecule has 5 nitrogen and oxygen atoms in total. The molecule has 0 bridgehead atoms. The van der Waals surface area contributed by atoms with E-state index in [0.29, 0.717) is 24.8 Å². The monoisotopic (exact) mass is 299 g/mol.